The van der Waals surface area contributed by atoms with Gasteiger partial charge in [0.1, 0.15) is 10.7 Å². The van der Waals surface area contributed by atoms with E-state index in [1.165, 1.54) is 10.4 Å². The molecule has 1 unspecified atom stereocenters. The van der Waals surface area contributed by atoms with E-state index < -0.39 is 15.8 Å². The summed E-state index contributed by atoms with van der Waals surface area (Å²) in [5.41, 5.74) is 5.76. The smallest absolute Gasteiger partial charge is 0.246 e. The monoisotopic (exact) mass is 288 g/mol. The number of rotatable bonds is 2. The molecule has 0 aliphatic carbocycles. The molecule has 19 heavy (non-hydrogen) atoms. The van der Waals surface area contributed by atoms with Crippen molar-refractivity contribution in [2.45, 2.75) is 24.3 Å². The number of nitrogens with zero attached hydrogens (tertiary/aromatic N) is 1. The normalized spacial score (nSPS) is 22.1. The van der Waals surface area contributed by atoms with Crippen LogP contribution < -0.4 is 5.73 Å². The number of benzene rings is 1. The summed E-state index contributed by atoms with van der Waals surface area (Å²) in [7, 11) is -3.87. The van der Waals surface area contributed by atoms with Crippen molar-refractivity contribution in [1.82, 2.24) is 4.31 Å². The molecule has 0 aromatic heterocycles. The molecule has 0 saturated carbocycles. The second kappa shape index (κ2) is 5.44. The molecule has 1 fully saturated rings. The van der Waals surface area contributed by atoms with Crippen LogP contribution in [0.3, 0.4) is 0 Å². The zero-order chi connectivity index (χ0) is 14.0. The van der Waals surface area contributed by atoms with Gasteiger partial charge in [0.2, 0.25) is 10.0 Å². The van der Waals surface area contributed by atoms with Crippen LogP contribution in [0.15, 0.2) is 23.1 Å². The average molecular weight is 288 g/mol. The van der Waals surface area contributed by atoms with Crippen LogP contribution in [0.25, 0.3) is 0 Å². The molecule has 1 atom stereocenters. The number of sulfonamides is 1. The predicted octanol–water partition coefficient (Wildman–Crippen LogP) is 1.21. The Morgan fingerprint density at radius 3 is 2.95 bits per heavy atom. The largest absolute Gasteiger partial charge is 0.399 e. The molecule has 2 N–H and O–H groups in total. The van der Waals surface area contributed by atoms with E-state index in [2.05, 4.69) is 0 Å². The van der Waals surface area contributed by atoms with Crippen LogP contribution in [0.4, 0.5) is 10.1 Å². The van der Waals surface area contributed by atoms with Crippen LogP contribution in [0.1, 0.15) is 13.3 Å². The maximum Gasteiger partial charge on any atom is 0.246 e. The Balaban J connectivity index is 2.38. The highest BCUT2D eigenvalue weighted by Crippen LogP contribution is 2.23. The van der Waals surface area contributed by atoms with E-state index in [4.69, 9.17) is 10.5 Å². The van der Waals surface area contributed by atoms with Crippen LogP contribution in [0.2, 0.25) is 0 Å². The summed E-state index contributed by atoms with van der Waals surface area (Å²) in [6.07, 6.45) is 0.384. The summed E-state index contributed by atoms with van der Waals surface area (Å²) in [4.78, 5) is -0.374. The van der Waals surface area contributed by atoms with Crippen LogP contribution in [-0.4, -0.2) is 38.5 Å². The van der Waals surface area contributed by atoms with Crippen molar-refractivity contribution in [3.63, 3.8) is 0 Å². The Morgan fingerprint density at radius 1 is 1.47 bits per heavy atom. The van der Waals surface area contributed by atoms with Gasteiger partial charge in [-0.3, -0.25) is 0 Å². The van der Waals surface area contributed by atoms with Crippen molar-refractivity contribution in [3.05, 3.63) is 24.0 Å². The minimum Gasteiger partial charge on any atom is -0.399 e. The van der Waals surface area contributed by atoms with E-state index in [1.54, 1.807) is 6.92 Å². The molecule has 1 heterocycles. The number of ether oxygens (including phenoxy) is 1. The highest BCUT2D eigenvalue weighted by atomic mass is 32.2. The summed E-state index contributed by atoms with van der Waals surface area (Å²) in [5, 5.41) is 0. The fourth-order valence-electron chi connectivity index (χ4n) is 2.03. The van der Waals surface area contributed by atoms with E-state index >= 15 is 0 Å². The van der Waals surface area contributed by atoms with Crippen LogP contribution in [0, 0.1) is 5.82 Å². The lowest BCUT2D eigenvalue weighted by Gasteiger charge is -2.22. The zero-order valence-electron chi connectivity index (χ0n) is 10.7. The highest BCUT2D eigenvalue weighted by Gasteiger charge is 2.30. The molecule has 1 aliphatic rings. The molecule has 0 bridgehead atoms. The van der Waals surface area contributed by atoms with Gasteiger partial charge in [0.25, 0.3) is 0 Å². The number of hydrogen-bond donors (Lipinski definition) is 1. The zero-order valence-corrected chi connectivity index (χ0v) is 11.5. The molecular formula is C12H17FN2O3S. The van der Waals surface area contributed by atoms with Gasteiger partial charge in [0.15, 0.2) is 0 Å². The maximum absolute atomic E-state index is 13.7. The van der Waals surface area contributed by atoms with Crippen molar-refractivity contribution < 1.29 is 17.5 Å². The van der Waals surface area contributed by atoms with Gasteiger partial charge in [-0.25, -0.2) is 12.8 Å². The first-order valence-corrected chi connectivity index (χ1v) is 7.52. The lowest BCUT2D eigenvalue weighted by atomic mass is 10.3. The van der Waals surface area contributed by atoms with E-state index in [9.17, 15) is 12.8 Å². The van der Waals surface area contributed by atoms with Crippen molar-refractivity contribution >= 4 is 15.7 Å². The molecule has 1 aliphatic heterocycles. The summed E-state index contributed by atoms with van der Waals surface area (Å²) < 4.78 is 45.2. The van der Waals surface area contributed by atoms with Gasteiger partial charge in [0, 0.05) is 25.4 Å². The SMILES string of the molecule is CC1CN(S(=O)(=O)c2cc(N)ccc2F)CCCO1. The van der Waals surface area contributed by atoms with E-state index in [-0.39, 0.29) is 23.2 Å². The summed E-state index contributed by atoms with van der Waals surface area (Å²) in [5.74, 6) is -0.785. The Bertz CT molecular complexity index is 562. The van der Waals surface area contributed by atoms with Gasteiger partial charge in [-0.1, -0.05) is 0 Å². The fraction of sp³-hybridized carbons (Fsp3) is 0.500. The van der Waals surface area contributed by atoms with E-state index in [0.29, 0.717) is 19.6 Å². The average Bonchev–Trinajstić information content (AvgIpc) is 2.57. The second-order valence-electron chi connectivity index (χ2n) is 4.59. The Labute approximate surface area is 112 Å². The first-order chi connectivity index (χ1) is 8.91. The minimum atomic E-state index is -3.87. The fourth-order valence-corrected chi connectivity index (χ4v) is 3.68. The summed E-state index contributed by atoms with van der Waals surface area (Å²) >= 11 is 0. The number of nitrogens with two attached hydrogens (primary N) is 1. The lowest BCUT2D eigenvalue weighted by Crippen LogP contribution is -2.36. The Kier molecular flexibility index (Phi) is 4.07. The van der Waals surface area contributed by atoms with Gasteiger partial charge < -0.3 is 10.5 Å². The van der Waals surface area contributed by atoms with Gasteiger partial charge >= 0.3 is 0 Å². The highest BCUT2D eigenvalue weighted by molar-refractivity contribution is 7.89. The molecule has 0 radical (unpaired) electrons. The Morgan fingerprint density at radius 2 is 2.21 bits per heavy atom. The van der Waals surface area contributed by atoms with Crippen molar-refractivity contribution in [2.24, 2.45) is 0 Å². The number of halogens is 1. The van der Waals surface area contributed by atoms with Gasteiger partial charge in [-0.15, -0.1) is 0 Å². The van der Waals surface area contributed by atoms with E-state index in [1.807, 2.05) is 0 Å². The number of anilines is 1. The Hall–Kier alpha value is -1.18. The van der Waals surface area contributed by atoms with Crippen LogP contribution in [0.5, 0.6) is 0 Å². The van der Waals surface area contributed by atoms with Crippen molar-refractivity contribution in [2.75, 3.05) is 25.4 Å². The third kappa shape index (κ3) is 3.05. The predicted molar refractivity (Wildman–Crippen MR) is 69.6 cm³/mol. The quantitative estimate of drug-likeness (QED) is 0.830. The standard InChI is InChI=1S/C12H17FN2O3S/c1-9-8-15(5-2-6-18-9)19(16,17)12-7-10(14)3-4-11(12)13/h3-4,7,9H,2,5-6,8,14H2,1H3. The second-order valence-corrected chi connectivity index (χ2v) is 6.49. The summed E-state index contributed by atoms with van der Waals surface area (Å²) in [6.45, 7) is 2.84. The van der Waals surface area contributed by atoms with E-state index in [0.717, 1.165) is 12.1 Å². The molecular weight excluding hydrogens is 271 g/mol. The molecule has 1 saturated heterocycles. The van der Waals surface area contributed by atoms with Gasteiger partial charge in [-0.05, 0) is 31.5 Å². The van der Waals surface area contributed by atoms with Crippen molar-refractivity contribution in [1.29, 1.82) is 0 Å². The molecule has 7 heteroatoms. The summed E-state index contributed by atoms with van der Waals surface area (Å²) in [6, 6.07) is 3.56. The molecule has 5 nitrogen and oxygen atoms in total. The molecule has 1 aromatic carbocycles. The first-order valence-electron chi connectivity index (χ1n) is 6.08. The van der Waals surface area contributed by atoms with Crippen LogP contribution >= 0.6 is 0 Å². The molecule has 0 spiro atoms. The lowest BCUT2D eigenvalue weighted by molar-refractivity contribution is 0.0752. The number of hydrogen-bond acceptors (Lipinski definition) is 4. The van der Waals surface area contributed by atoms with Gasteiger partial charge in [0.05, 0.1) is 6.10 Å². The van der Waals surface area contributed by atoms with Crippen LogP contribution in [-0.2, 0) is 14.8 Å². The minimum absolute atomic E-state index is 0.207. The maximum atomic E-state index is 13.7. The van der Waals surface area contributed by atoms with Crippen molar-refractivity contribution in [3.8, 4) is 0 Å². The molecule has 2 rings (SSSR count). The topological polar surface area (TPSA) is 72.6 Å². The third-order valence-electron chi connectivity index (χ3n) is 2.99. The molecule has 1 aromatic rings. The third-order valence-corrected chi connectivity index (χ3v) is 4.87. The first kappa shape index (κ1) is 14.2. The number of nitrogen functional groups attached to an aromatic ring is 1. The molecule has 106 valence electrons. The van der Waals surface area contributed by atoms with Gasteiger partial charge in [-0.2, -0.15) is 4.31 Å². The molecule has 0 amide bonds.